The molecule has 3 amide bonds. The van der Waals surface area contributed by atoms with Crippen molar-refractivity contribution in [3.05, 3.63) is 87.2 Å². The molecule has 15 heteroatoms. The molecule has 0 aliphatic carbocycles. The number of anilines is 1. The SMILES string of the molecule is Cn1cc(C#Cc2ccc(NC(=O)[C@H]3CS(=O)(=O)CCN3C(=O)C(NC(=O)O)c3ccsc3)cc2)c(-c2cc(Cl)ccc2O)n1. The third kappa shape index (κ3) is 7.46. The maximum absolute atomic E-state index is 13.5. The van der Waals surface area contributed by atoms with Crippen molar-refractivity contribution in [1.82, 2.24) is 20.0 Å². The Kier molecular flexibility index (Phi) is 9.14. The Morgan fingerprint density at radius 1 is 1.13 bits per heavy atom. The molecule has 232 valence electrons. The maximum atomic E-state index is 13.5. The van der Waals surface area contributed by atoms with E-state index in [1.54, 1.807) is 71.2 Å². The Morgan fingerprint density at radius 3 is 2.58 bits per heavy atom. The number of benzene rings is 2. The Morgan fingerprint density at radius 2 is 1.89 bits per heavy atom. The number of carbonyl (C=O) groups is 3. The average Bonchev–Trinajstić information content (AvgIpc) is 3.66. The molecule has 45 heavy (non-hydrogen) atoms. The van der Waals surface area contributed by atoms with Crippen molar-refractivity contribution in [2.75, 3.05) is 23.4 Å². The molecule has 5 rings (SSSR count). The van der Waals surface area contributed by atoms with Gasteiger partial charge in [0.15, 0.2) is 9.84 Å². The molecule has 2 aromatic heterocycles. The minimum Gasteiger partial charge on any atom is -0.507 e. The number of thiophene rings is 1. The first-order valence-corrected chi connectivity index (χ1v) is 16.5. The second-order valence-electron chi connectivity index (χ2n) is 10.1. The van der Waals surface area contributed by atoms with Gasteiger partial charge >= 0.3 is 6.09 Å². The standard InChI is InChI=1S/C30H26ClN5O7S2/c1-35-15-19(26(34-35)23-14-21(31)6-9-25(23)37)5-2-18-3-7-22(8-4-18)32-28(38)24-17-45(42,43)13-11-36(24)29(39)27(33-30(40)41)20-10-12-44-16-20/h3-4,6-10,12,14-16,24,27,33,37H,11,13,17H2,1H3,(H,32,38)(H,40,41)/t24-,27?/m1/s1. The topological polar surface area (TPSA) is 171 Å². The zero-order valence-electron chi connectivity index (χ0n) is 23.6. The number of aromatic hydroxyl groups is 1. The Labute approximate surface area is 267 Å². The predicted molar refractivity (Wildman–Crippen MR) is 169 cm³/mol. The molecular weight excluding hydrogens is 642 g/mol. The third-order valence-electron chi connectivity index (χ3n) is 6.94. The van der Waals surface area contributed by atoms with E-state index < -0.39 is 45.6 Å². The molecule has 2 aromatic carbocycles. The van der Waals surface area contributed by atoms with Gasteiger partial charge in [-0.15, -0.1) is 0 Å². The molecule has 4 aromatic rings. The van der Waals surface area contributed by atoms with Crippen molar-refractivity contribution in [2.45, 2.75) is 12.1 Å². The van der Waals surface area contributed by atoms with E-state index >= 15 is 0 Å². The summed E-state index contributed by atoms with van der Waals surface area (Å²) in [6.07, 6.45) is 0.271. The molecule has 1 saturated heterocycles. The smallest absolute Gasteiger partial charge is 0.405 e. The lowest BCUT2D eigenvalue weighted by Gasteiger charge is -2.36. The molecule has 3 heterocycles. The summed E-state index contributed by atoms with van der Waals surface area (Å²) >= 11 is 7.37. The molecule has 1 unspecified atom stereocenters. The highest BCUT2D eigenvalue weighted by Crippen LogP contribution is 2.32. The van der Waals surface area contributed by atoms with Crippen LogP contribution in [0.5, 0.6) is 5.75 Å². The van der Waals surface area contributed by atoms with E-state index in [0.29, 0.717) is 38.7 Å². The molecule has 1 fully saturated rings. The maximum Gasteiger partial charge on any atom is 0.405 e. The number of aryl methyl sites for hydroxylation is 1. The van der Waals surface area contributed by atoms with Crippen molar-refractivity contribution in [2.24, 2.45) is 7.05 Å². The Balaban J connectivity index is 1.34. The number of halogens is 1. The van der Waals surface area contributed by atoms with Gasteiger partial charge in [-0.1, -0.05) is 23.4 Å². The van der Waals surface area contributed by atoms with Gasteiger partial charge in [-0.2, -0.15) is 16.4 Å². The number of carbonyl (C=O) groups excluding carboxylic acids is 2. The summed E-state index contributed by atoms with van der Waals surface area (Å²) in [5.41, 5.74) is 2.75. The highest BCUT2D eigenvalue weighted by atomic mass is 35.5. The van der Waals surface area contributed by atoms with E-state index in [-0.39, 0.29) is 18.0 Å². The lowest BCUT2D eigenvalue weighted by atomic mass is 10.1. The number of amides is 3. The summed E-state index contributed by atoms with van der Waals surface area (Å²) in [4.78, 5) is 39.4. The summed E-state index contributed by atoms with van der Waals surface area (Å²) in [5, 5.41) is 32.6. The van der Waals surface area contributed by atoms with Gasteiger partial charge in [-0.05, 0) is 64.9 Å². The van der Waals surface area contributed by atoms with Gasteiger partial charge in [0.2, 0.25) is 5.91 Å². The zero-order valence-corrected chi connectivity index (χ0v) is 26.0. The number of carboxylic acid groups (broad SMARTS) is 1. The molecule has 0 radical (unpaired) electrons. The summed E-state index contributed by atoms with van der Waals surface area (Å²) in [5.74, 6) is 3.65. The molecule has 2 atom stereocenters. The molecule has 4 N–H and O–H groups in total. The predicted octanol–water partition coefficient (Wildman–Crippen LogP) is 3.48. The zero-order chi connectivity index (χ0) is 32.3. The fourth-order valence-electron chi connectivity index (χ4n) is 4.78. The van der Waals surface area contributed by atoms with Crippen LogP contribution in [0.25, 0.3) is 11.3 Å². The van der Waals surface area contributed by atoms with Crippen LogP contribution in [0.15, 0.2) is 65.5 Å². The summed E-state index contributed by atoms with van der Waals surface area (Å²) in [6.45, 7) is -0.265. The molecule has 0 bridgehead atoms. The van der Waals surface area contributed by atoms with Crippen LogP contribution in [0.3, 0.4) is 0 Å². The lowest BCUT2D eigenvalue weighted by Crippen LogP contribution is -2.58. The van der Waals surface area contributed by atoms with Gasteiger partial charge in [0.25, 0.3) is 5.91 Å². The van der Waals surface area contributed by atoms with Gasteiger partial charge in [0.1, 0.15) is 23.5 Å². The van der Waals surface area contributed by atoms with Crippen LogP contribution in [-0.4, -0.2) is 75.3 Å². The number of aromatic nitrogens is 2. The van der Waals surface area contributed by atoms with Crippen LogP contribution in [0.1, 0.15) is 22.7 Å². The van der Waals surface area contributed by atoms with Gasteiger partial charge < -0.3 is 25.7 Å². The molecule has 0 spiro atoms. The van der Waals surface area contributed by atoms with E-state index in [9.17, 15) is 33.0 Å². The van der Waals surface area contributed by atoms with E-state index in [1.165, 1.54) is 17.4 Å². The third-order valence-corrected chi connectivity index (χ3v) is 9.51. The van der Waals surface area contributed by atoms with E-state index in [2.05, 4.69) is 27.6 Å². The first-order chi connectivity index (χ1) is 21.4. The summed E-state index contributed by atoms with van der Waals surface area (Å²) < 4.78 is 26.5. The molecule has 12 nitrogen and oxygen atoms in total. The minimum atomic E-state index is -3.64. The van der Waals surface area contributed by atoms with Crippen LogP contribution < -0.4 is 10.6 Å². The van der Waals surface area contributed by atoms with Crippen LogP contribution in [0.4, 0.5) is 10.5 Å². The van der Waals surface area contributed by atoms with Crippen LogP contribution in [0.2, 0.25) is 5.02 Å². The fraction of sp³-hybridized carbons (Fsp3) is 0.200. The number of phenols is 1. The number of nitrogens with zero attached hydrogens (tertiary/aromatic N) is 3. The number of hydrogen-bond acceptors (Lipinski definition) is 8. The second-order valence-corrected chi connectivity index (χ2v) is 13.6. The van der Waals surface area contributed by atoms with E-state index in [1.807, 2.05) is 0 Å². The highest BCUT2D eigenvalue weighted by Gasteiger charge is 2.41. The number of sulfone groups is 1. The van der Waals surface area contributed by atoms with Crippen molar-refractivity contribution in [1.29, 1.82) is 0 Å². The van der Waals surface area contributed by atoms with Crippen molar-refractivity contribution in [3.8, 4) is 28.8 Å². The monoisotopic (exact) mass is 667 g/mol. The number of phenolic OH excluding ortho intramolecular Hbond substituents is 1. The summed E-state index contributed by atoms with van der Waals surface area (Å²) in [6, 6.07) is 10.0. The van der Waals surface area contributed by atoms with Crippen molar-refractivity contribution < 1.29 is 33.0 Å². The van der Waals surface area contributed by atoms with Gasteiger partial charge in [0.05, 0.1) is 17.1 Å². The Hall–Kier alpha value is -4.84. The van der Waals surface area contributed by atoms with Gasteiger partial charge in [-0.3, -0.25) is 14.3 Å². The quantitative estimate of drug-likeness (QED) is 0.227. The number of rotatable bonds is 6. The largest absolute Gasteiger partial charge is 0.507 e. The molecular formula is C30H26ClN5O7S2. The highest BCUT2D eigenvalue weighted by molar-refractivity contribution is 7.91. The molecule has 1 aliphatic heterocycles. The summed E-state index contributed by atoms with van der Waals surface area (Å²) in [7, 11) is -1.92. The number of nitrogens with one attached hydrogen (secondary N) is 2. The average molecular weight is 668 g/mol. The number of hydrogen-bond donors (Lipinski definition) is 4. The van der Waals surface area contributed by atoms with Crippen molar-refractivity contribution >= 4 is 56.4 Å². The van der Waals surface area contributed by atoms with Crippen molar-refractivity contribution in [3.63, 3.8) is 0 Å². The van der Waals surface area contributed by atoms with Gasteiger partial charge in [0, 0.05) is 41.6 Å². The minimum absolute atomic E-state index is 0.00686. The lowest BCUT2D eigenvalue weighted by molar-refractivity contribution is -0.139. The second kappa shape index (κ2) is 13.0. The molecule has 0 saturated carbocycles. The van der Waals surface area contributed by atoms with Crippen LogP contribution in [0, 0.1) is 11.8 Å². The van der Waals surface area contributed by atoms with E-state index in [0.717, 1.165) is 4.90 Å². The fourth-order valence-corrected chi connectivity index (χ4v) is 7.10. The first kappa shape index (κ1) is 31.6. The van der Waals surface area contributed by atoms with Crippen LogP contribution in [-0.2, 0) is 26.5 Å². The van der Waals surface area contributed by atoms with Crippen LogP contribution >= 0.6 is 22.9 Å². The van der Waals surface area contributed by atoms with Gasteiger partial charge in [-0.25, -0.2) is 13.2 Å². The normalized spacial score (nSPS) is 16.2. The first-order valence-electron chi connectivity index (χ1n) is 13.4. The van der Waals surface area contributed by atoms with E-state index in [4.69, 9.17) is 11.6 Å². The molecule has 1 aliphatic rings. The Bertz CT molecular complexity index is 1930.